The molecule has 1 aliphatic rings. The summed E-state index contributed by atoms with van der Waals surface area (Å²) in [5.41, 5.74) is 1.04. The first-order valence-electron chi connectivity index (χ1n) is 4.65. The lowest BCUT2D eigenvalue weighted by Gasteiger charge is -2.18. The SMILES string of the molecule is CNC1CC=C([N+](=O)[O-])C=C1/C=C\CCl. The fourth-order valence-corrected chi connectivity index (χ4v) is 1.55. The summed E-state index contributed by atoms with van der Waals surface area (Å²) in [5.74, 6) is 0.408. The minimum absolute atomic E-state index is 0.133. The van der Waals surface area contributed by atoms with E-state index in [9.17, 15) is 10.1 Å². The van der Waals surface area contributed by atoms with Gasteiger partial charge in [-0.3, -0.25) is 10.1 Å². The topological polar surface area (TPSA) is 55.2 Å². The lowest BCUT2D eigenvalue weighted by molar-refractivity contribution is -0.419. The van der Waals surface area contributed by atoms with E-state index in [1.807, 2.05) is 13.1 Å². The highest BCUT2D eigenvalue weighted by Crippen LogP contribution is 2.19. The van der Waals surface area contributed by atoms with Crippen LogP contribution in [0.4, 0.5) is 0 Å². The monoisotopic (exact) mass is 228 g/mol. The van der Waals surface area contributed by atoms with Crippen LogP contribution in [0.15, 0.2) is 35.6 Å². The van der Waals surface area contributed by atoms with Crippen molar-refractivity contribution in [3.63, 3.8) is 0 Å². The van der Waals surface area contributed by atoms with Crippen LogP contribution in [0, 0.1) is 10.1 Å². The van der Waals surface area contributed by atoms with Crippen molar-refractivity contribution in [2.45, 2.75) is 12.5 Å². The van der Waals surface area contributed by atoms with Gasteiger partial charge in [0.25, 0.3) is 5.70 Å². The van der Waals surface area contributed by atoms with Gasteiger partial charge >= 0.3 is 0 Å². The average molecular weight is 229 g/mol. The number of allylic oxidation sites excluding steroid dienone is 2. The molecule has 0 fully saturated rings. The summed E-state index contributed by atoms with van der Waals surface area (Å²) in [4.78, 5) is 10.2. The summed E-state index contributed by atoms with van der Waals surface area (Å²) in [6.45, 7) is 0. The van der Waals surface area contributed by atoms with Crippen LogP contribution in [0.1, 0.15) is 6.42 Å². The quantitative estimate of drug-likeness (QED) is 0.454. The molecule has 0 spiro atoms. The Morgan fingerprint density at radius 3 is 3.07 bits per heavy atom. The second kappa shape index (κ2) is 5.68. The van der Waals surface area contributed by atoms with E-state index >= 15 is 0 Å². The molecule has 0 amide bonds. The first-order valence-corrected chi connectivity index (χ1v) is 5.18. The summed E-state index contributed by atoms with van der Waals surface area (Å²) >= 11 is 5.53. The number of nitrogens with one attached hydrogen (secondary N) is 1. The Bertz CT molecular complexity index is 334. The predicted molar refractivity (Wildman–Crippen MR) is 60.5 cm³/mol. The van der Waals surface area contributed by atoms with Crippen molar-refractivity contribution >= 4 is 11.6 Å². The van der Waals surface area contributed by atoms with E-state index in [0.717, 1.165) is 5.57 Å². The largest absolute Gasteiger partial charge is 0.313 e. The molecule has 1 unspecified atom stereocenters. The first-order chi connectivity index (χ1) is 7.19. The van der Waals surface area contributed by atoms with Crippen LogP contribution in [0.2, 0.25) is 0 Å². The van der Waals surface area contributed by atoms with Gasteiger partial charge in [-0.25, -0.2) is 0 Å². The summed E-state index contributed by atoms with van der Waals surface area (Å²) in [7, 11) is 1.83. The van der Waals surface area contributed by atoms with Gasteiger partial charge in [-0.1, -0.05) is 12.2 Å². The lowest BCUT2D eigenvalue weighted by atomic mass is 9.97. The highest BCUT2D eigenvalue weighted by molar-refractivity contribution is 6.18. The fraction of sp³-hybridized carbons (Fsp3) is 0.400. The van der Waals surface area contributed by atoms with Crippen molar-refractivity contribution in [3.8, 4) is 0 Å². The van der Waals surface area contributed by atoms with Crippen LogP contribution in [-0.4, -0.2) is 23.9 Å². The zero-order valence-electron chi connectivity index (χ0n) is 8.44. The molecule has 0 bridgehead atoms. The van der Waals surface area contributed by atoms with Gasteiger partial charge in [-0.15, -0.1) is 11.6 Å². The maximum absolute atomic E-state index is 10.6. The molecule has 82 valence electrons. The molecule has 0 aromatic rings. The number of hydrogen-bond acceptors (Lipinski definition) is 3. The van der Waals surface area contributed by atoms with Crippen LogP contribution in [-0.2, 0) is 0 Å². The van der Waals surface area contributed by atoms with Crippen molar-refractivity contribution in [2.24, 2.45) is 0 Å². The molecule has 5 heteroatoms. The van der Waals surface area contributed by atoms with Crippen molar-refractivity contribution in [2.75, 3.05) is 12.9 Å². The Labute approximate surface area is 93.5 Å². The highest BCUT2D eigenvalue weighted by Gasteiger charge is 2.19. The number of halogens is 1. The Morgan fingerprint density at radius 1 is 1.80 bits per heavy atom. The number of rotatable bonds is 4. The maximum atomic E-state index is 10.6. The molecule has 0 aliphatic heterocycles. The Hall–Kier alpha value is -1.13. The lowest BCUT2D eigenvalue weighted by Crippen LogP contribution is -2.28. The van der Waals surface area contributed by atoms with Crippen LogP contribution in [0.3, 0.4) is 0 Å². The van der Waals surface area contributed by atoms with Gasteiger partial charge in [-0.2, -0.15) is 0 Å². The minimum atomic E-state index is -0.375. The summed E-state index contributed by atoms with van der Waals surface area (Å²) in [6.07, 6.45) is 7.43. The second-order valence-electron chi connectivity index (χ2n) is 3.16. The molecule has 1 N–H and O–H groups in total. The van der Waals surface area contributed by atoms with Gasteiger partial charge in [0, 0.05) is 18.0 Å². The summed E-state index contributed by atoms with van der Waals surface area (Å²) in [6, 6.07) is 0.133. The number of nitro groups is 1. The molecule has 0 aromatic heterocycles. The van der Waals surface area contributed by atoms with E-state index in [1.54, 1.807) is 18.2 Å². The van der Waals surface area contributed by atoms with Crippen molar-refractivity contribution in [1.29, 1.82) is 0 Å². The smallest absolute Gasteiger partial charge is 0.265 e. The molecule has 15 heavy (non-hydrogen) atoms. The Morgan fingerprint density at radius 2 is 2.53 bits per heavy atom. The molecule has 4 nitrogen and oxygen atoms in total. The van der Waals surface area contributed by atoms with Crippen LogP contribution < -0.4 is 5.32 Å². The number of alkyl halides is 1. The first kappa shape index (κ1) is 11.9. The van der Waals surface area contributed by atoms with Crippen LogP contribution in [0.5, 0.6) is 0 Å². The van der Waals surface area contributed by atoms with E-state index in [-0.39, 0.29) is 16.7 Å². The van der Waals surface area contributed by atoms with E-state index in [1.165, 1.54) is 0 Å². The van der Waals surface area contributed by atoms with Gasteiger partial charge < -0.3 is 5.32 Å². The van der Waals surface area contributed by atoms with Gasteiger partial charge in [0.2, 0.25) is 0 Å². The minimum Gasteiger partial charge on any atom is -0.313 e. The molecule has 0 radical (unpaired) electrons. The van der Waals surface area contributed by atoms with E-state index in [0.29, 0.717) is 12.3 Å². The Balaban J connectivity index is 2.88. The number of hydrogen-bond donors (Lipinski definition) is 1. The van der Waals surface area contributed by atoms with Crippen molar-refractivity contribution in [3.05, 3.63) is 45.7 Å². The molecule has 0 saturated carbocycles. The van der Waals surface area contributed by atoms with E-state index in [2.05, 4.69) is 5.32 Å². The molecule has 0 saturated heterocycles. The number of nitrogens with zero attached hydrogens (tertiary/aromatic N) is 1. The van der Waals surface area contributed by atoms with Gasteiger partial charge in [0.15, 0.2) is 0 Å². The molecule has 1 atom stereocenters. The van der Waals surface area contributed by atoms with Crippen LogP contribution >= 0.6 is 11.6 Å². The van der Waals surface area contributed by atoms with E-state index in [4.69, 9.17) is 11.6 Å². The molecule has 0 heterocycles. The van der Waals surface area contributed by atoms with Gasteiger partial charge in [0.1, 0.15) is 0 Å². The van der Waals surface area contributed by atoms with Gasteiger partial charge in [-0.05, 0) is 25.1 Å². The maximum Gasteiger partial charge on any atom is 0.265 e. The third-order valence-electron chi connectivity index (χ3n) is 2.24. The average Bonchev–Trinajstić information content (AvgIpc) is 2.25. The predicted octanol–water partition coefficient (Wildman–Crippen LogP) is 1.86. The molecule has 0 aromatic carbocycles. The zero-order valence-corrected chi connectivity index (χ0v) is 9.20. The molecule has 1 rings (SSSR count). The fourth-order valence-electron chi connectivity index (χ4n) is 1.46. The molecular formula is C10H13ClN2O2. The summed E-state index contributed by atoms with van der Waals surface area (Å²) < 4.78 is 0. The van der Waals surface area contributed by atoms with Crippen LogP contribution in [0.25, 0.3) is 0 Å². The van der Waals surface area contributed by atoms with Gasteiger partial charge in [0.05, 0.1) is 4.92 Å². The normalized spacial score (nSPS) is 21.3. The van der Waals surface area contributed by atoms with E-state index < -0.39 is 0 Å². The third kappa shape index (κ3) is 3.18. The zero-order chi connectivity index (χ0) is 11.3. The third-order valence-corrected chi connectivity index (χ3v) is 2.42. The Kier molecular flexibility index (Phi) is 4.52. The summed E-state index contributed by atoms with van der Waals surface area (Å²) in [5, 5.41) is 13.7. The second-order valence-corrected chi connectivity index (χ2v) is 3.47. The molecule has 1 aliphatic carbocycles. The standard InChI is InChI=1S/C10H13ClN2O2/c1-12-10-5-4-9(13(14)15)7-8(10)3-2-6-11/h2-4,7,10,12H,5-6H2,1H3/b3-2-. The highest BCUT2D eigenvalue weighted by atomic mass is 35.5. The van der Waals surface area contributed by atoms with Crippen molar-refractivity contribution < 1.29 is 4.92 Å². The number of likely N-dealkylation sites (N-methyl/N-ethyl adjacent to an activating group) is 1. The molecular weight excluding hydrogens is 216 g/mol. The van der Waals surface area contributed by atoms with Crippen molar-refractivity contribution in [1.82, 2.24) is 5.32 Å².